The molecule has 1 aliphatic heterocycles. The zero-order valence-electron chi connectivity index (χ0n) is 12.9. The standard InChI is InChI=1S/C17H13N3O4S/c21-16(11-3-4-13-14(9-11)24-10-23-13)18-19-17(22)15-12(5-8-25-15)20-6-1-2-7-20/h1-9H,10H2,(H,18,21)(H,19,22). The Hall–Kier alpha value is -3.26. The monoisotopic (exact) mass is 355 g/mol. The number of rotatable bonds is 3. The fraction of sp³-hybridized carbons (Fsp3) is 0.0588. The molecule has 3 aromatic rings. The zero-order chi connectivity index (χ0) is 17.2. The second-order valence-electron chi connectivity index (χ2n) is 5.20. The molecule has 2 amide bonds. The Bertz CT molecular complexity index is 933. The van der Waals surface area contributed by atoms with Gasteiger partial charge in [-0.3, -0.25) is 20.4 Å². The Morgan fingerprint density at radius 3 is 2.60 bits per heavy atom. The predicted octanol–water partition coefficient (Wildman–Crippen LogP) is 2.34. The minimum absolute atomic E-state index is 0.137. The van der Waals surface area contributed by atoms with E-state index in [9.17, 15) is 9.59 Å². The molecule has 0 unspecified atom stereocenters. The number of amides is 2. The van der Waals surface area contributed by atoms with Gasteiger partial charge in [0.15, 0.2) is 11.5 Å². The van der Waals surface area contributed by atoms with E-state index >= 15 is 0 Å². The van der Waals surface area contributed by atoms with E-state index in [2.05, 4.69) is 10.9 Å². The number of aromatic nitrogens is 1. The topological polar surface area (TPSA) is 81.6 Å². The molecular weight excluding hydrogens is 342 g/mol. The van der Waals surface area contributed by atoms with Crippen molar-refractivity contribution in [3.63, 3.8) is 0 Å². The lowest BCUT2D eigenvalue weighted by molar-refractivity contribution is 0.0848. The molecule has 0 fully saturated rings. The molecule has 3 heterocycles. The maximum atomic E-state index is 12.4. The molecule has 1 aliphatic rings. The normalized spacial score (nSPS) is 12.0. The Morgan fingerprint density at radius 2 is 1.76 bits per heavy atom. The van der Waals surface area contributed by atoms with Gasteiger partial charge in [0.2, 0.25) is 6.79 Å². The number of nitrogens with zero attached hydrogens (tertiary/aromatic N) is 1. The van der Waals surface area contributed by atoms with Crippen LogP contribution in [0.3, 0.4) is 0 Å². The van der Waals surface area contributed by atoms with Crippen LogP contribution in [0.4, 0.5) is 0 Å². The number of carbonyl (C=O) groups is 2. The van der Waals surface area contributed by atoms with Crippen LogP contribution >= 0.6 is 11.3 Å². The molecular formula is C17H13N3O4S. The number of fused-ring (bicyclic) bond motifs is 1. The van der Waals surface area contributed by atoms with Crippen LogP contribution < -0.4 is 20.3 Å². The lowest BCUT2D eigenvalue weighted by Gasteiger charge is -2.09. The summed E-state index contributed by atoms with van der Waals surface area (Å²) in [5.74, 6) is 0.279. The fourth-order valence-corrected chi connectivity index (χ4v) is 3.24. The van der Waals surface area contributed by atoms with Crippen LogP contribution in [-0.2, 0) is 0 Å². The molecule has 0 radical (unpaired) electrons. The van der Waals surface area contributed by atoms with Crippen molar-refractivity contribution in [2.45, 2.75) is 0 Å². The summed E-state index contributed by atoms with van der Waals surface area (Å²) >= 11 is 1.30. The van der Waals surface area contributed by atoms with Gasteiger partial charge in [0.1, 0.15) is 4.88 Å². The summed E-state index contributed by atoms with van der Waals surface area (Å²) in [4.78, 5) is 25.1. The molecule has 126 valence electrons. The van der Waals surface area contributed by atoms with Crippen LogP contribution in [0.25, 0.3) is 5.69 Å². The first-order valence-electron chi connectivity index (χ1n) is 7.43. The number of hydrogen-bond donors (Lipinski definition) is 2. The van der Waals surface area contributed by atoms with Crippen molar-refractivity contribution in [2.24, 2.45) is 0 Å². The lowest BCUT2D eigenvalue weighted by Crippen LogP contribution is -2.41. The first-order chi connectivity index (χ1) is 12.2. The average Bonchev–Trinajstić information content (AvgIpc) is 3.38. The summed E-state index contributed by atoms with van der Waals surface area (Å²) in [6, 6.07) is 10.4. The molecule has 2 aromatic heterocycles. The number of thiophene rings is 1. The summed E-state index contributed by atoms with van der Waals surface area (Å²) in [6.07, 6.45) is 3.70. The summed E-state index contributed by atoms with van der Waals surface area (Å²) < 4.78 is 12.3. The van der Waals surface area contributed by atoms with E-state index < -0.39 is 5.91 Å². The quantitative estimate of drug-likeness (QED) is 0.707. The Kier molecular flexibility index (Phi) is 3.87. The highest BCUT2D eigenvalue weighted by Gasteiger charge is 2.18. The second kappa shape index (κ2) is 6.33. The van der Waals surface area contributed by atoms with Gasteiger partial charge in [0, 0.05) is 18.0 Å². The third-order valence-electron chi connectivity index (χ3n) is 3.66. The van der Waals surface area contributed by atoms with E-state index in [0.29, 0.717) is 21.9 Å². The van der Waals surface area contributed by atoms with E-state index in [1.54, 1.807) is 18.2 Å². The van der Waals surface area contributed by atoms with Crippen molar-refractivity contribution in [1.82, 2.24) is 15.4 Å². The molecule has 0 atom stereocenters. The molecule has 4 rings (SSSR count). The molecule has 1 aromatic carbocycles. The first kappa shape index (κ1) is 15.3. The van der Waals surface area contributed by atoms with Crippen LogP contribution in [-0.4, -0.2) is 23.2 Å². The van der Waals surface area contributed by atoms with Crippen LogP contribution in [0.1, 0.15) is 20.0 Å². The third-order valence-corrected chi connectivity index (χ3v) is 4.56. The van der Waals surface area contributed by atoms with Crippen LogP contribution in [0.2, 0.25) is 0 Å². The van der Waals surface area contributed by atoms with Gasteiger partial charge in [-0.25, -0.2) is 0 Å². The highest BCUT2D eigenvalue weighted by atomic mass is 32.1. The van der Waals surface area contributed by atoms with E-state index in [-0.39, 0.29) is 12.7 Å². The van der Waals surface area contributed by atoms with Gasteiger partial charge in [-0.05, 0) is 41.8 Å². The number of ether oxygens (including phenoxy) is 2. The van der Waals surface area contributed by atoms with E-state index in [4.69, 9.17) is 9.47 Å². The van der Waals surface area contributed by atoms with E-state index in [0.717, 1.165) is 5.69 Å². The molecule has 0 saturated heterocycles. The first-order valence-corrected chi connectivity index (χ1v) is 8.31. The van der Waals surface area contributed by atoms with E-state index in [1.807, 2.05) is 40.5 Å². The number of benzene rings is 1. The number of carbonyl (C=O) groups excluding carboxylic acids is 2. The summed E-state index contributed by atoms with van der Waals surface area (Å²) in [5.41, 5.74) is 5.97. The van der Waals surface area contributed by atoms with E-state index in [1.165, 1.54) is 11.3 Å². The number of nitrogens with one attached hydrogen (secondary N) is 2. The van der Waals surface area contributed by atoms with Crippen molar-refractivity contribution in [3.8, 4) is 17.2 Å². The Labute approximate surface area is 146 Å². The molecule has 0 aliphatic carbocycles. The molecule has 7 nitrogen and oxygen atoms in total. The maximum Gasteiger partial charge on any atom is 0.281 e. The van der Waals surface area contributed by atoms with Crippen LogP contribution in [0.15, 0.2) is 54.2 Å². The summed E-state index contributed by atoms with van der Waals surface area (Å²) in [6.45, 7) is 0.137. The van der Waals surface area contributed by atoms with Gasteiger partial charge < -0.3 is 14.0 Å². The van der Waals surface area contributed by atoms with Crippen molar-refractivity contribution < 1.29 is 19.1 Å². The third kappa shape index (κ3) is 2.94. The largest absolute Gasteiger partial charge is 0.454 e. The second-order valence-corrected chi connectivity index (χ2v) is 6.12. The number of hydrazine groups is 1. The minimum Gasteiger partial charge on any atom is -0.454 e. The molecule has 0 spiro atoms. The molecule has 25 heavy (non-hydrogen) atoms. The Morgan fingerprint density at radius 1 is 1.00 bits per heavy atom. The molecule has 0 bridgehead atoms. The highest BCUT2D eigenvalue weighted by molar-refractivity contribution is 7.12. The molecule has 2 N–H and O–H groups in total. The van der Waals surface area contributed by atoms with Gasteiger partial charge in [-0.15, -0.1) is 11.3 Å². The predicted molar refractivity (Wildman–Crippen MR) is 91.1 cm³/mol. The molecule has 0 saturated carbocycles. The fourth-order valence-electron chi connectivity index (χ4n) is 2.45. The van der Waals surface area contributed by atoms with Crippen molar-refractivity contribution >= 4 is 23.2 Å². The van der Waals surface area contributed by atoms with Gasteiger partial charge in [-0.2, -0.15) is 0 Å². The van der Waals surface area contributed by atoms with Gasteiger partial charge in [0.05, 0.1) is 5.69 Å². The van der Waals surface area contributed by atoms with Crippen molar-refractivity contribution in [3.05, 3.63) is 64.6 Å². The zero-order valence-corrected chi connectivity index (χ0v) is 13.7. The maximum absolute atomic E-state index is 12.4. The SMILES string of the molecule is O=C(NNC(=O)c1sccc1-n1cccc1)c1ccc2c(c1)OCO2. The van der Waals surface area contributed by atoms with Gasteiger partial charge in [-0.1, -0.05) is 0 Å². The van der Waals surface area contributed by atoms with Crippen LogP contribution in [0.5, 0.6) is 11.5 Å². The number of hydrogen-bond acceptors (Lipinski definition) is 5. The smallest absolute Gasteiger partial charge is 0.281 e. The lowest BCUT2D eigenvalue weighted by atomic mass is 10.2. The van der Waals surface area contributed by atoms with Crippen molar-refractivity contribution in [2.75, 3.05) is 6.79 Å². The van der Waals surface area contributed by atoms with Crippen molar-refractivity contribution in [1.29, 1.82) is 0 Å². The summed E-state index contributed by atoms with van der Waals surface area (Å²) in [7, 11) is 0. The molecule has 8 heteroatoms. The summed E-state index contributed by atoms with van der Waals surface area (Å²) in [5, 5.41) is 1.82. The van der Waals surface area contributed by atoms with Gasteiger partial charge >= 0.3 is 0 Å². The Balaban J connectivity index is 1.44. The highest BCUT2D eigenvalue weighted by Crippen LogP contribution is 2.32. The van der Waals surface area contributed by atoms with Gasteiger partial charge in [0.25, 0.3) is 11.8 Å². The van der Waals surface area contributed by atoms with Crippen LogP contribution in [0, 0.1) is 0 Å². The minimum atomic E-state index is -0.439. The average molecular weight is 355 g/mol.